The number of unbranched alkanes of at least 4 members (excludes halogenated alkanes) is 1. The highest BCUT2D eigenvalue weighted by Gasteiger charge is 2.29. The number of carbonyl (C=O) groups excluding carboxylic acids is 1. The molecular weight excluding hydrogens is 281 g/mol. The molecule has 1 aromatic rings. The monoisotopic (exact) mass is 296 g/mol. The summed E-state index contributed by atoms with van der Waals surface area (Å²) in [5, 5.41) is 0. The molecule has 0 amide bonds. The van der Waals surface area contributed by atoms with Crippen LogP contribution >= 0.6 is 0 Å². The van der Waals surface area contributed by atoms with Crippen LogP contribution in [-0.4, -0.2) is 12.6 Å². The lowest BCUT2D eigenvalue weighted by Crippen LogP contribution is -2.04. The topological polar surface area (TPSA) is 26.3 Å². The number of carbonyl (C=O) groups is 1. The van der Waals surface area contributed by atoms with Gasteiger partial charge in [-0.1, -0.05) is 17.9 Å². The minimum absolute atomic E-state index is 0.330. The maximum absolute atomic E-state index is 12.3. The first-order valence-corrected chi connectivity index (χ1v) is 6.43. The van der Waals surface area contributed by atoms with Crippen LogP contribution in [0.25, 0.3) is 0 Å². The van der Waals surface area contributed by atoms with E-state index in [9.17, 15) is 18.0 Å². The lowest BCUT2D eigenvalue weighted by atomic mass is 10.1. The number of hydrogen-bond donors (Lipinski definition) is 0. The van der Waals surface area contributed by atoms with Crippen LogP contribution < -0.4 is 0 Å². The first-order valence-electron chi connectivity index (χ1n) is 6.43. The van der Waals surface area contributed by atoms with E-state index in [0.29, 0.717) is 25.0 Å². The molecule has 0 atom stereocenters. The summed E-state index contributed by atoms with van der Waals surface area (Å²) in [6, 6.07) is 4.68. The van der Waals surface area contributed by atoms with Crippen molar-refractivity contribution < 1.29 is 22.7 Å². The Hall–Kier alpha value is -2.22. The predicted octanol–water partition coefficient (Wildman–Crippen LogP) is 3.96. The van der Waals surface area contributed by atoms with Gasteiger partial charge in [0.15, 0.2) is 0 Å². The molecular formula is C16H15F3O2. The number of ether oxygens (including phenoxy) is 1. The van der Waals surface area contributed by atoms with Gasteiger partial charge in [0.1, 0.15) is 0 Å². The number of benzene rings is 1. The van der Waals surface area contributed by atoms with Crippen LogP contribution in [0.4, 0.5) is 13.2 Å². The van der Waals surface area contributed by atoms with E-state index >= 15 is 0 Å². The van der Waals surface area contributed by atoms with Gasteiger partial charge in [-0.3, -0.25) is 0 Å². The van der Waals surface area contributed by atoms with E-state index in [2.05, 4.69) is 11.8 Å². The molecule has 0 radical (unpaired) electrons. The van der Waals surface area contributed by atoms with E-state index in [1.54, 1.807) is 13.0 Å². The molecule has 1 rings (SSSR count). The molecule has 0 unspecified atom stereocenters. The quantitative estimate of drug-likeness (QED) is 0.364. The average Bonchev–Trinajstić information content (AvgIpc) is 2.42. The SMILES string of the molecule is CCOC(=O)/C=C/CCC#Cc1ccc(C(F)(F)F)cc1. The molecule has 0 saturated heterocycles. The van der Waals surface area contributed by atoms with Crippen LogP contribution in [0, 0.1) is 11.8 Å². The Morgan fingerprint density at radius 1 is 1.29 bits per heavy atom. The Morgan fingerprint density at radius 2 is 1.95 bits per heavy atom. The Bertz CT molecular complexity index is 546. The van der Waals surface area contributed by atoms with Crippen molar-refractivity contribution in [3.05, 3.63) is 47.5 Å². The highest BCUT2D eigenvalue weighted by Crippen LogP contribution is 2.28. The van der Waals surface area contributed by atoms with Gasteiger partial charge in [0.2, 0.25) is 0 Å². The fourth-order valence-electron chi connectivity index (χ4n) is 1.43. The van der Waals surface area contributed by atoms with Crippen molar-refractivity contribution in [2.45, 2.75) is 25.9 Å². The van der Waals surface area contributed by atoms with Gasteiger partial charge in [-0.15, -0.1) is 0 Å². The van der Waals surface area contributed by atoms with E-state index in [1.807, 2.05) is 0 Å². The zero-order valence-electron chi connectivity index (χ0n) is 11.5. The number of allylic oxidation sites excluding steroid dienone is 1. The fourth-order valence-corrected chi connectivity index (χ4v) is 1.43. The van der Waals surface area contributed by atoms with Gasteiger partial charge in [-0.25, -0.2) is 4.79 Å². The summed E-state index contributed by atoms with van der Waals surface area (Å²) in [7, 11) is 0. The molecule has 0 aliphatic carbocycles. The third kappa shape index (κ3) is 6.66. The van der Waals surface area contributed by atoms with Crippen molar-refractivity contribution in [3.8, 4) is 11.8 Å². The summed E-state index contributed by atoms with van der Waals surface area (Å²) in [4.78, 5) is 11.0. The third-order valence-corrected chi connectivity index (χ3v) is 2.42. The van der Waals surface area contributed by atoms with Gasteiger partial charge in [-0.05, 0) is 37.6 Å². The van der Waals surface area contributed by atoms with Gasteiger partial charge in [-0.2, -0.15) is 13.2 Å². The highest BCUT2D eigenvalue weighted by molar-refractivity contribution is 5.81. The summed E-state index contributed by atoms with van der Waals surface area (Å²) in [6.07, 6.45) is -0.254. The standard InChI is InChI=1S/C16H15F3O2/c1-2-21-15(20)8-6-4-3-5-7-13-9-11-14(12-10-13)16(17,18)19/h6,8-12H,2-4H2,1H3/b8-6+. The van der Waals surface area contributed by atoms with Gasteiger partial charge >= 0.3 is 12.1 Å². The predicted molar refractivity (Wildman–Crippen MR) is 73.3 cm³/mol. The second-order valence-electron chi connectivity index (χ2n) is 4.07. The van der Waals surface area contributed by atoms with Crippen molar-refractivity contribution in [1.29, 1.82) is 0 Å². The van der Waals surface area contributed by atoms with E-state index in [1.165, 1.54) is 18.2 Å². The number of halogens is 3. The Balaban J connectivity index is 2.44. The first kappa shape index (κ1) is 16.8. The molecule has 0 aliphatic rings. The largest absolute Gasteiger partial charge is 0.463 e. The van der Waals surface area contributed by atoms with Gasteiger partial charge < -0.3 is 4.74 Å². The summed E-state index contributed by atoms with van der Waals surface area (Å²) >= 11 is 0. The van der Waals surface area contributed by atoms with Gasteiger partial charge in [0.25, 0.3) is 0 Å². The van der Waals surface area contributed by atoms with Crippen molar-refractivity contribution in [3.63, 3.8) is 0 Å². The third-order valence-electron chi connectivity index (χ3n) is 2.42. The second-order valence-corrected chi connectivity index (χ2v) is 4.07. The molecule has 0 N–H and O–H groups in total. The number of rotatable bonds is 4. The van der Waals surface area contributed by atoms with Crippen LogP contribution in [0.2, 0.25) is 0 Å². The summed E-state index contributed by atoms with van der Waals surface area (Å²) in [5.41, 5.74) is -0.164. The molecule has 2 nitrogen and oxygen atoms in total. The highest BCUT2D eigenvalue weighted by atomic mass is 19.4. The molecule has 112 valence electrons. The molecule has 0 aromatic heterocycles. The molecule has 0 heterocycles. The Kier molecular flexibility index (Phi) is 6.54. The fraction of sp³-hybridized carbons (Fsp3) is 0.312. The molecule has 0 saturated carbocycles. The maximum Gasteiger partial charge on any atom is 0.416 e. The lowest BCUT2D eigenvalue weighted by molar-refractivity contribution is -0.138. The van der Waals surface area contributed by atoms with E-state index in [-0.39, 0.29) is 0 Å². The Morgan fingerprint density at radius 3 is 2.52 bits per heavy atom. The van der Waals surface area contributed by atoms with Gasteiger partial charge in [0.05, 0.1) is 12.2 Å². The maximum atomic E-state index is 12.3. The summed E-state index contributed by atoms with van der Waals surface area (Å²) in [6.45, 7) is 2.05. The molecule has 0 fully saturated rings. The van der Waals surface area contributed by atoms with Crippen LogP contribution in [-0.2, 0) is 15.7 Å². The van der Waals surface area contributed by atoms with Crippen molar-refractivity contribution >= 4 is 5.97 Å². The molecule has 0 bridgehead atoms. The zero-order valence-corrected chi connectivity index (χ0v) is 11.5. The minimum Gasteiger partial charge on any atom is -0.463 e. The molecule has 1 aromatic carbocycles. The van der Waals surface area contributed by atoms with Crippen LogP contribution in [0.15, 0.2) is 36.4 Å². The van der Waals surface area contributed by atoms with Crippen molar-refractivity contribution in [2.24, 2.45) is 0 Å². The molecule has 21 heavy (non-hydrogen) atoms. The normalized spacial score (nSPS) is 11.0. The smallest absolute Gasteiger partial charge is 0.416 e. The van der Waals surface area contributed by atoms with Crippen LogP contribution in [0.3, 0.4) is 0 Å². The van der Waals surface area contributed by atoms with Crippen LogP contribution in [0.1, 0.15) is 30.9 Å². The van der Waals surface area contributed by atoms with Crippen molar-refractivity contribution in [1.82, 2.24) is 0 Å². The van der Waals surface area contributed by atoms with Crippen LogP contribution in [0.5, 0.6) is 0 Å². The Labute approximate surface area is 121 Å². The molecule has 0 spiro atoms. The number of esters is 1. The number of hydrogen-bond acceptors (Lipinski definition) is 2. The molecule has 0 aliphatic heterocycles. The lowest BCUT2D eigenvalue weighted by Gasteiger charge is -2.05. The summed E-state index contributed by atoms with van der Waals surface area (Å²) < 4.78 is 41.8. The van der Waals surface area contributed by atoms with E-state index in [4.69, 9.17) is 4.74 Å². The van der Waals surface area contributed by atoms with E-state index in [0.717, 1.165) is 12.1 Å². The molecule has 5 heteroatoms. The van der Waals surface area contributed by atoms with E-state index < -0.39 is 17.7 Å². The van der Waals surface area contributed by atoms with Crippen molar-refractivity contribution in [2.75, 3.05) is 6.61 Å². The first-order chi connectivity index (χ1) is 9.93. The van der Waals surface area contributed by atoms with Gasteiger partial charge in [0, 0.05) is 18.1 Å². The second kappa shape index (κ2) is 8.15. The average molecular weight is 296 g/mol. The zero-order chi connectivity index (χ0) is 15.7. The minimum atomic E-state index is -4.33. The summed E-state index contributed by atoms with van der Waals surface area (Å²) in [5.74, 6) is 5.20. The number of alkyl halides is 3.